The van der Waals surface area contributed by atoms with Gasteiger partial charge in [-0.1, -0.05) is 78.5 Å². The maximum Gasteiger partial charge on any atom is 0.522 e. The summed E-state index contributed by atoms with van der Waals surface area (Å²) in [6, 6.07) is 48.1. The van der Waals surface area contributed by atoms with Crippen molar-refractivity contribution >= 4 is 65.5 Å². The van der Waals surface area contributed by atoms with Gasteiger partial charge in [0.05, 0.1) is 10.9 Å². The standard InChI is InChI=1S/C30H22IS2.2CHF3O3S/c31-30-14-8-7-13-29(30)23-15-17-24(18-16-23)32-25-19-21-28(22-20-25)33(26-9-3-1-4-10-26)27-11-5-2-6-12-27;2*2-1(3,4)8(5,6)7/h1-22H;2*(H,5,6,7)/q+1;;/p-1. The van der Waals surface area contributed by atoms with E-state index < -0.39 is 31.3 Å². The molecule has 0 aliphatic heterocycles. The zero-order chi connectivity index (χ0) is 36.5. The van der Waals surface area contributed by atoms with Crippen molar-refractivity contribution in [1.82, 2.24) is 0 Å². The maximum absolute atomic E-state index is 10.7. The van der Waals surface area contributed by atoms with E-state index in [1.165, 1.54) is 39.2 Å². The summed E-state index contributed by atoms with van der Waals surface area (Å²) < 4.78 is 118. The van der Waals surface area contributed by atoms with Crippen LogP contribution in [-0.4, -0.2) is 37.0 Å². The summed E-state index contributed by atoms with van der Waals surface area (Å²) in [6.07, 6.45) is 0. The molecule has 5 aromatic carbocycles. The molecule has 0 spiro atoms. The molecule has 0 atom stereocenters. The Balaban J connectivity index is 0.000000338. The van der Waals surface area contributed by atoms with Gasteiger partial charge in [0.25, 0.3) is 0 Å². The highest BCUT2D eigenvalue weighted by Gasteiger charge is 2.44. The maximum atomic E-state index is 10.7. The minimum absolute atomic E-state index is 0.106. The van der Waals surface area contributed by atoms with Gasteiger partial charge < -0.3 is 4.55 Å². The van der Waals surface area contributed by atoms with Crippen LogP contribution < -0.4 is 0 Å². The topological polar surface area (TPSA) is 112 Å². The molecule has 0 aliphatic rings. The average molecular weight is 873 g/mol. The van der Waals surface area contributed by atoms with Crippen LogP contribution in [0.5, 0.6) is 0 Å². The molecule has 5 rings (SSSR count). The van der Waals surface area contributed by atoms with Gasteiger partial charge in [0.1, 0.15) is 0 Å². The van der Waals surface area contributed by atoms with Crippen LogP contribution in [0.25, 0.3) is 11.1 Å². The van der Waals surface area contributed by atoms with Crippen LogP contribution in [0.3, 0.4) is 0 Å². The highest BCUT2D eigenvalue weighted by Crippen LogP contribution is 2.35. The second kappa shape index (κ2) is 17.2. The normalized spacial score (nSPS) is 12.0. The SMILES string of the molecule is Ic1ccccc1-c1ccc(Sc2ccc([S+](c3ccccc3)c3ccccc3)cc2)cc1.O=S(=O)(O)C(F)(F)F.O=S(=O)([O-])C(F)(F)F. The molecule has 0 aromatic heterocycles. The van der Waals surface area contributed by atoms with Crippen LogP contribution in [0, 0.1) is 3.57 Å². The van der Waals surface area contributed by atoms with E-state index in [1.54, 1.807) is 0 Å². The average Bonchev–Trinajstić information content (AvgIpc) is 3.03. The van der Waals surface area contributed by atoms with Gasteiger partial charge in [-0.25, -0.2) is 8.42 Å². The van der Waals surface area contributed by atoms with Gasteiger partial charge in [0.2, 0.25) is 0 Å². The summed E-state index contributed by atoms with van der Waals surface area (Å²) >= 11 is 4.21. The van der Waals surface area contributed by atoms with Crippen LogP contribution >= 0.6 is 34.4 Å². The van der Waals surface area contributed by atoms with E-state index in [-0.39, 0.29) is 10.9 Å². The molecule has 0 radical (unpaired) electrons. The molecule has 0 aliphatic carbocycles. The first-order valence-corrected chi connectivity index (χ1v) is 19.3. The molecule has 0 fully saturated rings. The largest absolute Gasteiger partial charge is 0.741 e. The fourth-order valence-electron chi connectivity index (χ4n) is 3.70. The second-order valence-corrected chi connectivity index (χ2v) is 16.5. The van der Waals surface area contributed by atoms with Crippen LogP contribution in [0.1, 0.15) is 0 Å². The van der Waals surface area contributed by atoms with Crippen molar-refractivity contribution in [3.63, 3.8) is 0 Å². The molecule has 260 valence electrons. The quantitative estimate of drug-likeness (QED) is 0.0595. The van der Waals surface area contributed by atoms with E-state index in [0.717, 1.165) is 0 Å². The van der Waals surface area contributed by atoms with Crippen molar-refractivity contribution in [1.29, 1.82) is 0 Å². The zero-order valence-corrected chi connectivity index (χ0v) is 29.9. The van der Waals surface area contributed by atoms with Crippen molar-refractivity contribution in [3.05, 3.63) is 137 Å². The lowest BCUT2D eigenvalue weighted by Gasteiger charge is -2.09. The Morgan fingerprint density at radius 3 is 1.29 bits per heavy atom. The Bertz CT molecular complexity index is 1930. The number of benzene rings is 5. The molecule has 0 heterocycles. The molecule has 0 amide bonds. The Kier molecular flexibility index (Phi) is 14.2. The van der Waals surface area contributed by atoms with Crippen molar-refractivity contribution in [2.45, 2.75) is 35.5 Å². The molecule has 5 aromatic rings. The van der Waals surface area contributed by atoms with Crippen LogP contribution in [0.4, 0.5) is 26.3 Å². The lowest BCUT2D eigenvalue weighted by molar-refractivity contribution is -0.0519. The summed E-state index contributed by atoms with van der Waals surface area (Å²) in [5.74, 6) is 0. The third-order valence-electron chi connectivity index (χ3n) is 5.87. The van der Waals surface area contributed by atoms with E-state index in [0.29, 0.717) is 0 Å². The van der Waals surface area contributed by atoms with Crippen LogP contribution in [-0.2, 0) is 31.1 Å². The molecule has 0 unspecified atom stereocenters. The van der Waals surface area contributed by atoms with Gasteiger partial charge in [-0.15, -0.1) is 0 Å². The summed E-state index contributed by atoms with van der Waals surface area (Å²) in [7, 11) is -12.0. The third kappa shape index (κ3) is 12.3. The smallest absolute Gasteiger partial charge is 0.522 e. The van der Waals surface area contributed by atoms with E-state index in [9.17, 15) is 26.3 Å². The number of rotatable bonds is 6. The summed E-state index contributed by atoms with van der Waals surface area (Å²) in [4.78, 5) is 6.53. The predicted octanol–water partition coefficient (Wildman–Crippen LogP) is 9.65. The molecular weight excluding hydrogens is 850 g/mol. The molecular formula is C32H23F6IO6S4. The van der Waals surface area contributed by atoms with Gasteiger partial charge in [0, 0.05) is 13.4 Å². The number of halogens is 7. The van der Waals surface area contributed by atoms with Gasteiger partial charge in [0.15, 0.2) is 24.8 Å². The Morgan fingerprint density at radius 2 is 0.918 bits per heavy atom. The zero-order valence-electron chi connectivity index (χ0n) is 24.5. The molecule has 0 saturated heterocycles. The first kappa shape index (κ1) is 40.4. The first-order chi connectivity index (χ1) is 22.8. The van der Waals surface area contributed by atoms with Crippen LogP contribution in [0.15, 0.2) is 158 Å². The number of alkyl halides is 6. The molecule has 6 nitrogen and oxygen atoms in total. The van der Waals surface area contributed by atoms with E-state index in [2.05, 4.69) is 156 Å². The van der Waals surface area contributed by atoms with Gasteiger partial charge in [-0.2, -0.15) is 34.8 Å². The number of hydrogen-bond donors (Lipinski definition) is 1. The van der Waals surface area contributed by atoms with E-state index in [1.807, 2.05) is 11.8 Å². The lowest BCUT2D eigenvalue weighted by Crippen LogP contribution is -2.21. The molecule has 17 heteroatoms. The summed E-state index contributed by atoms with van der Waals surface area (Å²) in [6.45, 7) is 0. The fourth-order valence-corrected chi connectivity index (χ4v) is 7.30. The van der Waals surface area contributed by atoms with Gasteiger partial charge in [-0.3, -0.25) is 4.55 Å². The Morgan fingerprint density at radius 1 is 0.571 bits per heavy atom. The van der Waals surface area contributed by atoms with Crippen molar-refractivity contribution < 1.29 is 52.3 Å². The number of hydrogen-bond acceptors (Lipinski definition) is 6. The van der Waals surface area contributed by atoms with Gasteiger partial charge >= 0.3 is 21.1 Å². The minimum atomic E-state index is -6.09. The monoisotopic (exact) mass is 872 g/mol. The van der Waals surface area contributed by atoms with Crippen molar-refractivity contribution in [3.8, 4) is 11.1 Å². The van der Waals surface area contributed by atoms with E-state index in [4.69, 9.17) is 25.9 Å². The molecule has 1 N–H and O–H groups in total. The van der Waals surface area contributed by atoms with Crippen LogP contribution in [0.2, 0.25) is 0 Å². The fraction of sp³-hybridized carbons (Fsp3) is 0.0625. The molecule has 0 saturated carbocycles. The molecule has 0 bridgehead atoms. The Labute approximate surface area is 299 Å². The molecule has 49 heavy (non-hydrogen) atoms. The second-order valence-electron chi connectivity index (χ2n) is 9.33. The summed E-state index contributed by atoms with van der Waals surface area (Å²) in [5, 5.41) is 0. The van der Waals surface area contributed by atoms with Crippen molar-refractivity contribution in [2.24, 2.45) is 0 Å². The van der Waals surface area contributed by atoms with E-state index >= 15 is 0 Å². The minimum Gasteiger partial charge on any atom is -0.741 e. The third-order valence-corrected chi connectivity index (χ3v) is 11.2. The Hall–Kier alpha value is -3.07. The highest BCUT2D eigenvalue weighted by molar-refractivity contribution is 14.1. The highest BCUT2D eigenvalue weighted by atomic mass is 127. The summed E-state index contributed by atoms with van der Waals surface area (Å²) in [5.41, 5.74) is -8.64. The first-order valence-electron chi connectivity index (χ1n) is 13.3. The predicted molar refractivity (Wildman–Crippen MR) is 184 cm³/mol. The van der Waals surface area contributed by atoms with Crippen molar-refractivity contribution in [2.75, 3.05) is 0 Å². The van der Waals surface area contributed by atoms with Gasteiger partial charge in [-0.05, 0) is 100 Å². The lowest BCUT2D eigenvalue weighted by atomic mass is 10.1.